The fraction of sp³-hybridized carbons (Fsp3) is 0.750. The third-order valence-electron chi connectivity index (χ3n) is 2.01. The summed E-state index contributed by atoms with van der Waals surface area (Å²) < 4.78 is 11.2. The number of likely N-dealkylation sites (N-methyl/N-ethyl adjacent to an activating group) is 1. The first-order chi connectivity index (χ1) is 7.51. The topological polar surface area (TPSA) is 47.3 Å². The Balaban J connectivity index is 2.33. The summed E-state index contributed by atoms with van der Waals surface area (Å²) in [4.78, 5) is 4.20. The molecule has 0 aromatic carbocycles. The minimum atomic E-state index is -0.142. The van der Waals surface area contributed by atoms with Gasteiger partial charge in [-0.1, -0.05) is 6.92 Å². The lowest BCUT2D eigenvalue weighted by molar-refractivity contribution is -0.0227. The van der Waals surface area contributed by atoms with Crippen molar-refractivity contribution >= 4 is 0 Å². The van der Waals surface area contributed by atoms with Crippen molar-refractivity contribution in [2.45, 2.75) is 46.3 Å². The molecule has 4 nitrogen and oxygen atoms in total. The summed E-state index contributed by atoms with van der Waals surface area (Å²) in [6.45, 7) is 10.5. The van der Waals surface area contributed by atoms with Crippen LogP contribution in [0, 0.1) is 0 Å². The van der Waals surface area contributed by atoms with Crippen LogP contribution in [0.3, 0.4) is 0 Å². The van der Waals surface area contributed by atoms with E-state index in [1.807, 2.05) is 20.8 Å². The SMILES string of the molecule is CCNCCc1ncc(COC(C)(C)C)o1. The second-order valence-corrected chi connectivity index (χ2v) is 4.72. The average molecular weight is 226 g/mol. The highest BCUT2D eigenvalue weighted by Gasteiger charge is 2.12. The van der Waals surface area contributed by atoms with Crippen LogP contribution >= 0.6 is 0 Å². The Morgan fingerprint density at radius 2 is 2.19 bits per heavy atom. The Labute approximate surface area is 97.4 Å². The van der Waals surface area contributed by atoms with Crippen LogP contribution in [0.1, 0.15) is 39.3 Å². The third-order valence-corrected chi connectivity index (χ3v) is 2.01. The summed E-state index contributed by atoms with van der Waals surface area (Å²) in [5.41, 5.74) is -0.142. The quantitative estimate of drug-likeness (QED) is 0.755. The number of ether oxygens (including phenoxy) is 1. The van der Waals surface area contributed by atoms with Gasteiger partial charge in [0.1, 0.15) is 12.4 Å². The minimum Gasteiger partial charge on any atom is -0.443 e. The second kappa shape index (κ2) is 6.01. The maximum Gasteiger partial charge on any atom is 0.195 e. The van der Waals surface area contributed by atoms with Crippen molar-refractivity contribution in [1.29, 1.82) is 0 Å². The number of hydrogen-bond donors (Lipinski definition) is 1. The van der Waals surface area contributed by atoms with E-state index < -0.39 is 0 Å². The summed E-state index contributed by atoms with van der Waals surface area (Å²) in [5, 5.41) is 3.23. The molecule has 0 saturated carbocycles. The monoisotopic (exact) mass is 226 g/mol. The van der Waals surface area contributed by atoms with Crippen LogP contribution in [0.5, 0.6) is 0 Å². The first-order valence-corrected chi connectivity index (χ1v) is 5.79. The molecule has 1 rings (SSSR count). The summed E-state index contributed by atoms with van der Waals surface area (Å²) >= 11 is 0. The van der Waals surface area contributed by atoms with Crippen LogP contribution in [-0.4, -0.2) is 23.7 Å². The highest BCUT2D eigenvalue weighted by Crippen LogP contribution is 2.12. The molecular formula is C12H22N2O2. The Bertz CT molecular complexity index is 302. The molecule has 0 amide bonds. The minimum absolute atomic E-state index is 0.142. The van der Waals surface area contributed by atoms with E-state index in [1.165, 1.54) is 0 Å². The lowest BCUT2D eigenvalue weighted by Gasteiger charge is -2.18. The van der Waals surface area contributed by atoms with Crippen molar-refractivity contribution in [1.82, 2.24) is 10.3 Å². The zero-order chi connectivity index (χ0) is 12.0. The number of aromatic nitrogens is 1. The first kappa shape index (κ1) is 13.2. The maximum absolute atomic E-state index is 5.60. The van der Waals surface area contributed by atoms with E-state index >= 15 is 0 Å². The molecule has 0 aliphatic rings. The Hall–Kier alpha value is -0.870. The molecule has 1 heterocycles. The molecule has 1 N–H and O–H groups in total. The van der Waals surface area contributed by atoms with E-state index in [9.17, 15) is 0 Å². The van der Waals surface area contributed by atoms with Gasteiger partial charge in [0.05, 0.1) is 11.8 Å². The van der Waals surface area contributed by atoms with Crippen molar-refractivity contribution < 1.29 is 9.15 Å². The Morgan fingerprint density at radius 1 is 1.44 bits per heavy atom. The van der Waals surface area contributed by atoms with Gasteiger partial charge in [-0.25, -0.2) is 4.98 Å². The van der Waals surface area contributed by atoms with Crippen molar-refractivity contribution in [3.63, 3.8) is 0 Å². The summed E-state index contributed by atoms with van der Waals surface area (Å²) in [7, 11) is 0. The van der Waals surface area contributed by atoms with Gasteiger partial charge in [0.15, 0.2) is 5.89 Å². The van der Waals surface area contributed by atoms with Gasteiger partial charge in [-0.3, -0.25) is 0 Å². The van der Waals surface area contributed by atoms with E-state index in [0.29, 0.717) is 6.61 Å². The predicted molar refractivity (Wildman–Crippen MR) is 63.3 cm³/mol. The normalized spacial score (nSPS) is 12.0. The van der Waals surface area contributed by atoms with Crippen LogP contribution in [0.2, 0.25) is 0 Å². The zero-order valence-electron chi connectivity index (χ0n) is 10.7. The van der Waals surface area contributed by atoms with Crippen molar-refractivity contribution in [3.05, 3.63) is 17.8 Å². The third kappa shape index (κ3) is 5.28. The van der Waals surface area contributed by atoms with Gasteiger partial charge in [-0.05, 0) is 27.3 Å². The molecule has 1 aromatic rings. The van der Waals surface area contributed by atoms with Crippen molar-refractivity contribution in [3.8, 4) is 0 Å². The smallest absolute Gasteiger partial charge is 0.195 e. The van der Waals surface area contributed by atoms with Gasteiger partial charge in [0.2, 0.25) is 0 Å². The number of nitrogens with zero attached hydrogens (tertiary/aromatic N) is 1. The van der Waals surface area contributed by atoms with Crippen LogP contribution in [0.25, 0.3) is 0 Å². The molecule has 0 atom stereocenters. The van der Waals surface area contributed by atoms with E-state index in [2.05, 4.69) is 17.2 Å². The number of oxazole rings is 1. The van der Waals surface area contributed by atoms with Crippen LogP contribution in [0.15, 0.2) is 10.6 Å². The second-order valence-electron chi connectivity index (χ2n) is 4.72. The molecule has 16 heavy (non-hydrogen) atoms. The molecule has 0 radical (unpaired) electrons. The summed E-state index contributed by atoms with van der Waals surface area (Å²) in [5.74, 6) is 1.56. The van der Waals surface area contributed by atoms with Gasteiger partial charge in [-0.2, -0.15) is 0 Å². The molecule has 1 aromatic heterocycles. The van der Waals surface area contributed by atoms with Gasteiger partial charge in [0, 0.05) is 13.0 Å². The van der Waals surface area contributed by atoms with Gasteiger partial charge in [-0.15, -0.1) is 0 Å². The zero-order valence-corrected chi connectivity index (χ0v) is 10.7. The Kier molecular flexibility index (Phi) is 4.96. The Morgan fingerprint density at radius 3 is 2.81 bits per heavy atom. The van der Waals surface area contributed by atoms with Crippen molar-refractivity contribution in [2.75, 3.05) is 13.1 Å². The standard InChI is InChI=1S/C12H22N2O2/c1-5-13-7-6-11-14-8-10(16-11)9-15-12(2,3)4/h8,13H,5-7,9H2,1-4H3. The lowest BCUT2D eigenvalue weighted by Crippen LogP contribution is -2.18. The molecule has 0 fully saturated rings. The first-order valence-electron chi connectivity index (χ1n) is 5.79. The summed E-state index contributed by atoms with van der Waals surface area (Å²) in [6.07, 6.45) is 2.57. The maximum atomic E-state index is 5.60. The molecule has 92 valence electrons. The lowest BCUT2D eigenvalue weighted by atomic mass is 10.2. The molecular weight excluding hydrogens is 204 g/mol. The van der Waals surface area contributed by atoms with Crippen LogP contribution in [-0.2, 0) is 17.8 Å². The number of nitrogens with one attached hydrogen (secondary N) is 1. The van der Waals surface area contributed by atoms with Gasteiger partial charge >= 0.3 is 0 Å². The molecule has 0 aliphatic carbocycles. The fourth-order valence-corrected chi connectivity index (χ4v) is 1.19. The van der Waals surface area contributed by atoms with E-state index in [0.717, 1.165) is 31.2 Å². The fourth-order valence-electron chi connectivity index (χ4n) is 1.19. The van der Waals surface area contributed by atoms with Crippen LogP contribution < -0.4 is 5.32 Å². The highest BCUT2D eigenvalue weighted by molar-refractivity contribution is 4.93. The van der Waals surface area contributed by atoms with E-state index in [4.69, 9.17) is 9.15 Å². The van der Waals surface area contributed by atoms with Gasteiger partial charge < -0.3 is 14.5 Å². The van der Waals surface area contributed by atoms with Crippen molar-refractivity contribution in [2.24, 2.45) is 0 Å². The van der Waals surface area contributed by atoms with E-state index in [1.54, 1.807) is 6.20 Å². The van der Waals surface area contributed by atoms with Gasteiger partial charge in [0.25, 0.3) is 0 Å². The molecule has 0 spiro atoms. The number of rotatable bonds is 6. The molecule has 4 heteroatoms. The van der Waals surface area contributed by atoms with Crippen LogP contribution in [0.4, 0.5) is 0 Å². The molecule has 0 saturated heterocycles. The summed E-state index contributed by atoms with van der Waals surface area (Å²) in [6, 6.07) is 0. The molecule has 0 aliphatic heterocycles. The predicted octanol–water partition coefficient (Wildman–Crippen LogP) is 2.14. The highest BCUT2D eigenvalue weighted by atomic mass is 16.5. The van der Waals surface area contributed by atoms with E-state index in [-0.39, 0.29) is 5.60 Å². The average Bonchev–Trinajstić information content (AvgIpc) is 2.62. The molecule has 0 bridgehead atoms. The largest absolute Gasteiger partial charge is 0.443 e. The number of hydrogen-bond acceptors (Lipinski definition) is 4. The molecule has 0 unspecified atom stereocenters.